The van der Waals surface area contributed by atoms with Crippen molar-refractivity contribution < 1.29 is 15.0 Å². The van der Waals surface area contributed by atoms with Gasteiger partial charge in [-0.25, -0.2) is 0 Å². The molecule has 1 amide bonds. The van der Waals surface area contributed by atoms with Gasteiger partial charge in [-0.15, -0.1) is 10.2 Å². The first-order valence-corrected chi connectivity index (χ1v) is 15.0. The van der Waals surface area contributed by atoms with Crippen LogP contribution in [-0.4, -0.2) is 54.2 Å². The highest BCUT2D eigenvalue weighted by atomic mass is 16.3. The lowest BCUT2D eigenvalue weighted by Crippen LogP contribution is -2.50. The Kier molecular flexibility index (Phi) is 8.39. The number of aromatic nitrogens is 4. The van der Waals surface area contributed by atoms with Crippen molar-refractivity contribution in [2.24, 2.45) is 11.8 Å². The van der Waals surface area contributed by atoms with Gasteiger partial charge >= 0.3 is 0 Å². The molecule has 2 aromatic heterocycles. The van der Waals surface area contributed by atoms with E-state index in [1.807, 2.05) is 54.6 Å². The van der Waals surface area contributed by atoms with Crippen LogP contribution in [0, 0.1) is 11.8 Å². The third kappa shape index (κ3) is 6.66. The molecule has 214 valence electrons. The number of aliphatic hydroxyl groups excluding tert-OH is 2. The van der Waals surface area contributed by atoms with Gasteiger partial charge in [0.2, 0.25) is 5.91 Å². The fourth-order valence-corrected chi connectivity index (χ4v) is 6.21. The molecule has 2 fully saturated rings. The molecule has 3 atom stereocenters. The maximum Gasteiger partial charge on any atom is 0.228 e. The molecule has 8 heteroatoms. The first kappa shape index (κ1) is 27.5. The van der Waals surface area contributed by atoms with E-state index in [9.17, 15) is 15.0 Å². The van der Waals surface area contributed by atoms with Gasteiger partial charge in [0.15, 0.2) is 11.5 Å². The van der Waals surface area contributed by atoms with E-state index in [-0.39, 0.29) is 18.2 Å². The second kappa shape index (κ2) is 12.5. The quantitative estimate of drug-likeness (QED) is 0.252. The summed E-state index contributed by atoms with van der Waals surface area (Å²) in [6, 6.07) is 21.7. The van der Waals surface area contributed by atoms with Crippen molar-refractivity contribution in [3.63, 3.8) is 0 Å². The molecule has 41 heavy (non-hydrogen) atoms. The summed E-state index contributed by atoms with van der Waals surface area (Å²) in [5, 5.41) is 38.6. The minimum absolute atomic E-state index is 0.0232. The first-order chi connectivity index (χ1) is 20.0. The number of amides is 1. The van der Waals surface area contributed by atoms with Crippen molar-refractivity contribution in [3.05, 3.63) is 83.7 Å². The Morgan fingerprint density at radius 2 is 1.63 bits per heavy atom. The van der Waals surface area contributed by atoms with E-state index in [2.05, 4.69) is 27.6 Å². The molecule has 3 N–H and O–H groups in total. The van der Waals surface area contributed by atoms with Crippen LogP contribution in [-0.2, 0) is 17.6 Å². The Balaban J connectivity index is 1.26. The van der Waals surface area contributed by atoms with Crippen LogP contribution >= 0.6 is 0 Å². The van der Waals surface area contributed by atoms with Gasteiger partial charge in [0.1, 0.15) is 6.10 Å². The van der Waals surface area contributed by atoms with Crippen molar-refractivity contribution in [1.29, 1.82) is 0 Å². The summed E-state index contributed by atoms with van der Waals surface area (Å²) in [5.41, 5.74) is 4.50. The second-order valence-electron chi connectivity index (χ2n) is 11.8. The fraction of sp³-hybridized carbons (Fsp3) is 0.455. The molecule has 0 bridgehead atoms. The van der Waals surface area contributed by atoms with Crippen LogP contribution in [0.25, 0.3) is 16.9 Å². The summed E-state index contributed by atoms with van der Waals surface area (Å²) in [4.78, 5) is 13.4. The number of benzene rings is 2. The largest absolute Gasteiger partial charge is 0.390 e. The van der Waals surface area contributed by atoms with Gasteiger partial charge in [-0.3, -0.25) is 4.79 Å². The van der Waals surface area contributed by atoms with E-state index in [1.54, 1.807) is 4.52 Å². The summed E-state index contributed by atoms with van der Waals surface area (Å²) in [5.74, 6) is 0.761. The van der Waals surface area contributed by atoms with E-state index in [0.717, 1.165) is 48.1 Å². The maximum atomic E-state index is 13.4. The molecule has 0 saturated heterocycles. The number of carbonyl (C=O) groups excluding carboxylic acids is 1. The van der Waals surface area contributed by atoms with Crippen LogP contribution in [0.5, 0.6) is 0 Å². The van der Waals surface area contributed by atoms with E-state index in [4.69, 9.17) is 5.10 Å². The molecule has 0 spiro atoms. The Bertz CT molecular complexity index is 1450. The van der Waals surface area contributed by atoms with E-state index in [0.29, 0.717) is 30.2 Å². The summed E-state index contributed by atoms with van der Waals surface area (Å²) in [6.45, 7) is 0. The zero-order chi connectivity index (χ0) is 28.2. The molecule has 4 aromatic rings. The molecule has 2 aliphatic rings. The maximum absolute atomic E-state index is 13.4. The van der Waals surface area contributed by atoms with Gasteiger partial charge in [0.05, 0.1) is 24.3 Å². The molecule has 0 aliphatic heterocycles. The van der Waals surface area contributed by atoms with Crippen LogP contribution in [0.4, 0.5) is 0 Å². The van der Waals surface area contributed by atoms with Crippen LogP contribution in [0.1, 0.15) is 68.3 Å². The van der Waals surface area contributed by atoms with Crippen LogP contribution < -0.4 is 5.32 Å². The molecular weight excluding hydrogens is 514 g/mol. The molecule has 0 radical (unpaired) electrons. The Morgan fingerprint density at radius 3 is 2.34 bits per heavy atom. The Hall–Kier alpha value is -3.62. The minimum Gasteiger partial charge on any atom is -0.390 e. The number of fused-ring (bicyclic) bond motifs is 1. The van der Waals surface area contributed by atoms with Crippen molar-refractivity contribution in [3.8, 4) is 11.3 Å². The van der Waals surface area contributed by atoms with Crippen molar-refractivity contribution in [1.82, 2.24) is 25.1 Å². The molecule has 2 aliphatic carbocycles. The van der Waals surface area contributed by atoms with Gasteiger partial charge in [0, 0.05) is 17.5 Å². The molecule has 6 rings (SSSR count). The summed E-state index contributed by atoms with van der Waals surface area (Å²) >= 11 is 0. The van der Waals surface area contributed by atoms with Crippen LogP contribution in [0.2, 0.25) is 0 Å². The number of carbonyl (C=O) groups is 1. The lowest BCUT2D eigenvalue weighted by molar-refractivity contribution is -0.123. The molecule has 2 saturated carbocycles. The monoisotopic (exact) mass is 553 g/mol. The standard InChI is InChI=1S/C33H39N5O3/c39-30(34-28(19-23-12-6-2-7-13-23)32(41)31(40)25-16-17-25)21-29-35-36-33-26(18-22-10-4-1-5-11-22)20-27(37-38(29)33)24-14-8-3-9-15-24/h1,3-5,8-11,14-15,20,23,25,28,31-32,40-41H,2,6-7,12-13,16-19,21H2,(H,34,39)/t28-,31-,32+/m0/s1. The molecular formula is C33H39N5O3. The summed E-state index contributed by atoms with van der Waals surface area (Å²) < 4.78 is 1.69. The van der Waals surface area contributed by atoms with Gasteiger partial charge in [-0.1, -0.05) is 92.8 Å². The van der Waals surface area contributed by atoms with E-state index >= 15 is 0 Å². The summed E-state index contributed by atoms with van der Waals surface area (Å²) in [6.07, 6.45) is 7.17. The SMILES string of the molecule is O=C(Cc1nnc2c(Cc3ccccc3)cc(-c3ccccc3)nn12)N[C@@H](CC1CCCCC1)[C@@H](O)[C@@H](O)C1CC1. The third-order valence-corrected chi connectivity index (χ3v) is 8.66. The predicted molar refractivity (Wildman–Crippen MR) is 157 cm³/mol. The Morgan fingerprint density at radius 1 is 0.927 bits per heavy atom. The highest BCUT2D eigenvalue weighted by Gasteiger charge is 2.39. The molecule has 2 heterocycles. The third-order valence-electron chi connectivity index (χ3n) is 8.66. The Labute approximate surface area is 240 Å². The second-order valence-corrected chi connectivity index (χ2v) is 11.8. The normalized spacial score (nSPS) is 18.2. The average Bonchev–Trinajstić information content (AvgIpc) is 3.78. The number of nitrogens with one attached hydrogen (secondary N) is 1. The van der Waals surface area contributed by atoms with Gasteiger partial charge in [-0.2, -0.15) is 9.61 Å². The van der Waals surface area contributed by atoms with Crippen LogP contribution in [0.15, 0.2) is 66.7 Å². The zero-order valence-corrected chi connectivity index (χ0v) is 23.4. The van der Waals surface area contributed by atoms with Crippen molar-refractivity contribution in [2.75, 3.05) is 0 Å². The zero-order valence-electron chi connectivity index (χ0n) is 23.4. The molecule has 0 unspecified atom stereocenters. The minimum atomic E-state index is -0.983. The number of hydrogen-bond acceptors (Lipinski definition) is 6. The molecule has 2 aromatic carbocycles. The van der Waals surface area contributed by atoms with Gasteiger partial charge < -0.3 is 15.5 Å². The lowest BCUT2D eigenvalue weighted by atomic mass is 9.82. The van der Waals surface area contributed by atoms with Gasteiger partial charge in [-0.05, 0) is 42.7 Å². The lowest BCUT2D eigenvalue weighted by Gasteiger charge is -2.32. The number of rotatable bonds is 11. The van der Waals surface area contributed by atoms with E-state index in [1.165, 1.54) is 19.3 Å². The first-order valence-electron chi connectivity index (χ1n) is 15.0. The predicted octanol–water partition coefficient (Wildman–Crippen LogP) is 4.51. The number of hydrogen-bond donors (Lipinski definition) is 3. The molecule has 8 nitrogen and oxygen atoms in total. The van der Waals surface area contributed by atoms with Crippen molar-refractivity contribution in [2.45, 2.75) is 82.5 Å². The highest BCUT2D eigenvalue weighted by molar-refractivity contribution is 5.78. The van der Waals surface area contributed by atoms with Crippen molar-refractivity contribution >= 4 is 11.6 Å². The van der Waals surface area contributed by atoms with Gasteiger partial charge in [0.25, 0.3) is 0 Å². The van der Waals surface area contributed by atoms with E-state index < -0.39 is 18.2 Å². The summed E-state index contributed by atoms with van der Waals surface area (Å²) in [7, 11) is 0. The fourth-order valence-electron chi connectivity index (χ4n) is 6.21. The smallest absolute Gasteiger partial charge is 0.228 e. The van der Waals surface area contributed by atoms with Crippen LogP contribution in [0.3, 0.4) is 0 Å². The topological polar surface area (TPSA) is 113 Å². The number of aliphatic hydroxyl groups is 2. The number of nitrogens with zero attached hydrogens (tertiary/aromatic N) is 4. The highest BCUT2D eigenvalue weighted by Crippen LogP contribution is 2.36. The average molecular weight is 554 g/mol.